The van der Waals surface area contributed by atoms with Crippen LogP contribution in [0, 0.1) is 5.82 Å². The zero-order valence-corrected chi connectivity index (χ0v) is 11.1. The monoisotopic (exact) mass is 271 g/mol. The van der Waals surface area contributed by atoms with E-state index < -0.39 is 0 Å². The van der Waals surface area contributed by atoms with Gasteiger partial charge in [0.2, 0.25) is 0 Å². The average molecular weight is 271 g/mol. The van der Waals surface area contributed by atoms with E-state index in [1.807, 2.05) is 13.0 Å². The molecule has 1 aromatic carbocycles. The second-order valence-corrected chi connectivity index (χ2v) is 4.66. The molecule has 1 N–H and O–H groups in total. The summed E-state index contributed by atoms with van der Waals surface area (Å²) in [6, 6.07) is 8.05. The first-order valence-corrected chi connectivity index (χ1v) is 6.51. The Bertz CT molecular complexity index is 819. The molecule has 0 saturated carbocycles. The lowest BCUT2D eigenvalue weighted by atomic mass is 10.0. The Morgan fingerprint density at radius 3 is 2.95 bits per heavy atom. The topological polar surface area (TPSA) is 50.2 Å². The molecule has 0 aliphatic heterocycles. The molecule has 2 aromatic heterocycles. The van der Waals surface area contributed by atoms with Gasteiger partial charge in [0.15, 0.2) is 5.65 Å². The highest BCUT2D eigenvalue weighted by atomic mass is 19.1. The number of benzene rings is 1. The van der Waals surface area contributed by atoms with Crippen LogP contribution in [0.3, 0.4) is 0 Å². The Kier molecular flexibility index (Phi) is 3.10. The van der Waals surface area contributed by atoms with Crippen LogP contribution in [-0.4, -0.2) is 14.6 Å². The number of fused-ring (bicyclic) bond motifs is 1. The minimum absolute atomic E-state index is 0.124. The standard InChI is InChI=1S/C15H14FN3O/c1-2-13-12(9-10-4-3-5-11(16)8-10)15(20)19-14(18-13)6-7-17-19/h3-8,17H,2,9H2,1H3. The maximum atomic E-state index is 13.3. The van der Waals surface area contributed by atoms with Gasteiger partial charge in [-0.15, -0.1) is 0 Å². The minimum atomic E-state index is -0.297. The number of nitrogens with one attached hydrogen (secondary N) is 1. The van der Waals surface area contributed by atoms with Gasteiger partial charge < -0.3 is 0 Å². The number of aromatic nitrogens is 3. The molecule has 0 radical (unpaired) electrons. The molecule has 3 rings (SSSR count). The van der Waals surface area contributed by atoms with Gasteiger partial charge in [0.25, 0.3) is 5.56 Å². The largest absolute Gasteiger partial charge is 0.297 e. The molecule has 102 valence electrons. The average Bonchev–Trinajstić information content (AvgIpc) is 2.90. The lowest BCUT2D eigenvalue weighted by Gasteiger charge is -2.07. The normalized spacial score (nSPS) is 11.1. The van der Waals surface area contributed by atoms with E-state index in [1.165, 1.54) is 16.6 Å². The second kappa shape index (κ2) is 4.92. The third-order valence-corrected chi connectivity index (χ3v) is 3.33. The first kappa shape index (κ1) is 12.6. The summed E-state index contributed by atoms with van der Waals surface area (Å²) in [6.07, 6.45) is 2.73. The maximum Gasteiger partial charge on any atom is 0.276 e. The van der Waals surface area contributed by atoms with Gasteiger partial charge in [0.05, 0.1) is 5.69 Å². The van der Waals surface area contributed by atoms with Gasteiger partial charge in [-0.1, -0.05) is 19.1 Å². The molecule has 0 fully saturated rings. The van der Waals surface area contributed by atoms with Crippen molar-refractivity contribution in [3.05, 3.63) is 69.5 Å². The summed E-state index contributed by atoms with van der Waals surface area (Å²) in [4.78, 5) is 16.9. The zero-order valence-electron chi connectivity index (χ0n) is 11.1. The number of hydrogen-bond donors (Lipinski definition) is 1. The lowest BCUT2D eigenvalue weighted by Crippen LogP contribution is -2.22. The molecule has 0 aliphatic rings. The molecular weight excluding hydrogens is 257 g/mol. The number of H-pyrrole nitrogens is 1. The molecule has 0 aliphatic carbocycles. The third kappa shape index (κ3) is 2.11. The number of nitrogens with zero attached hydrogens (tertiary/aromatic N) is 2. The van der Waals surface area contributed by atoms with Crippen LogP contribution in [0.5, 0.6) is 0 Å². The van der Waals surface area contributed by atoms with Gasteiger partial charge in [-0.2, -0.15) is 0 Å². The molecule has 0 bridgehead atoms. The summed E-state index contributed by atoms with van der Waals surface area (Å²) in [5.74, 6) is -0.297. The van der Waals surface area contributed by atoms with Crippen molar-refractivity contribution in [2.45, 2.75) is 19.8 Å². The highest BCUT2D eigenvalue weighted by molar-refractivity contribution is 5.40. The summed E-state index contributed by atoms with van der Waals surface area (Å²) in [7, 11) is 0. The van der Waals surface area contributed by atoms with Crippen molar-refractivity contribution in [3.8, 4) is 0 Å². The van der Waals surface area contributed by atoms with E-state index in [0.29, 0.717) is 24.1 Å². The smallest absolute Gasteiger partial charge is 0.276 e. The van der Waals surface area contributed by atoms with E-state index in [0.717, 1.165) is 11.3 Å². The van der Waals surface area contributed by atoms with Crippen molar-refractivity contribution in [2.75, 3.05) is 0 Å². The van der Waals surface area contributed by atoms with E-state index in [4.69, 9.17) is 0 Å². The van der Waals surface area contributed by atoms with Crippen molar-refractivity contribution in [2.24, 2.45) is 0 Å². The summed E-state index contributed by atoms with van der Waals surface area (Å²) < 4.78 is 14.7. The van der Waals surface area contributed by atoms with E-state index in [2.05, 4.69) is 10.1 Å². The molecule has 0 saturated heterocycles. The Morgan fingerprint density at radius 1 is 1.35 bits per heavy atom. The number of rotatable bonds is 3. The van der Waals surface area contributed by atoms with Crippen molar-refractivity contribution >= 4 is 5.65 Å². The van der Waals surface area contributed by atoms with Crippen molar-refractivity contribution in [1.82, 2.24) is 14.6 Å². The van der Waals surface area contributed by atoms with Gasteiger partial charge in [-0.3, -0.25) is 9.89 Å². The Labute approximate surface area is 114 Å². The van der Waals surface area contributed by atoms with E-state index in [1.54, 1.807) is 18.3 Å². The second-order valence-electron chi connectivity index (χ2n) is 4.66. The molecule has 5 heteroatoms. The van der Waals surface area contributed by atoms with Crippen molar-refractivity contribution in [1.29, 1.82) is 0 Å². The van der Waals surface area contributed by atoms with E-state index in [9.17, 15) is 9.18 Å². The van der Waals surface area contributed by atoms with Crippen molar-refractivity contribution in [3.63, 3.8) is 0 Å². The number of halogens is 1. The van der Waals surface area contributed by atoms with Crippen LogP contribution in [0.1, 0.15) is 23.7 Å². The molecule has 0 unspecified atom stereocenters. The summed E-state index contributed by atoms with van der Waals surface area (Å²) >= 11 is 0. The van der Waals surface area contributed by atoms with E-state index in [-0.39, 0.29) is 11.4 Å². The molecule has 20 heavy (non-hydrogen) atoms. The Balaban J connectivity index is 2.14. The van der Waals surface area contributed by atoms with E-state index >= 15 is 0 Å². The van der Waals surface area contributed by atoms with Gasteiger partial charge in [-0.05, 0) is 24.1 Å². The van der Waals surface area contributed by atoms with Crippen LogP contribution >= 0.6 is 0 Å². The van der Waals surface area contributed by atoms with Crippen LogP contribution in [0.15, 0.2) is 41.3 Å². The molecule has 3 aromatic rings. The molecule has 0 spiro atoms. The van der Waals surface area contributed by atoms with Gasteiger partial charge in [0, 0.05) is 24.2 Å². The fraction of sp³-hybridized carbons (Fsp3) is 0.200. The first-order chi connectivity index (χ1) is 9.69. The summed E-state index contributed by atoms with van der Waals surface area (Å²) in [5, 5.41) is 2.84. The van der Waals surface area contributed by atoms with Gasteiger partial charge >= 0.3 is 0 Å². The lowest BCUT2D eigenvalue weighted by molar-refractivity contribution is 0.626. The number of hydrogen-bond acceptors (Lipinski definition) is 2. The maximum absolute atomic E-state index is 13.3. The highest BCUT2D eigenvalue weighted by Crippen LogP contribution is 2.12. The Morgan fingerprint density at radius 2 is 2.20 bits per heavy atom. The highest BCUT2D eigenvalue weighted by Gasteiger charge is 2.13. The molecule has 0 amide bonds. The predicted molar refractivity (Wildman–Crippen MR) is 74.4 cm³/mol. The van der Waals surface area contributed by atoms with Crippen LogP contribution in [0.4, 0.5) is 4.39 Å². The van der Waals surface area contributed by atoms with Crippen LogP contribution in [-0.2, 0) is 12.8 Å². The van der Waals surface area contributed by atoms with Crippen LogP contribution in [0.2, 0.25) is 0 Å². The number of aryl methyl sites for hydroxylation is 1. The molecule has 2 heterocycles. The quantitative estimate of drug-likeness (QED) is 0.794. The SMILES string of the molecule is CCc1nc2cc[nH]n2c(=O)c1Cc1cccc(F)c1. The molecule has 4 nitrogen and oxygen atoms in total. The number of aromatic amines is 1. The fourth-order valence-electron chi connectivity index (χ4n) is 2.36. The Hall–Kier alpha value is -2.43. The van der Waals surface area contributed by atoms with Gasteiger partial charge in [0.1, 0.15) is 5.82 Å². The fourth-order valence-corrected chi connectivity index (χ4v) is 2.36. The van der Waals surface area contributed by atoms with Gasteiger partial charge in [-0.25, -0.2) is 13.9 Å². The molecular formula is C15H14FN3O. The summed E-state index contributed by atoms with van der Waals surface area (Å²) in [6.45, 7) is 1.96. The predicted octanol–water partition coefficient (Wildman–Crippen LogP) is 2.31. The third-order valence-electron chi connectivity index (χ3n) is 3.33. The zero-order chi connectivity index (χ0) is 14.1. The van der Waals surface area contributed by atoms with Crippen molar-refractivity contribution < 1.29 is 4.39 Å². The van der Waals surface area contributed by atoms with Crippen LogP contribution < -0.4 is 5.56 Å². The summed E-state index contributed by atoms with van der Waals surface area (Å²) in [5.41, 5.74) is 2.62. The molecule has 0 atom stereocenters. The minimum Gasteiger partial charge on any atom is -0.297 e. The first-order valence-electron chi connectivity index (χ1n) is 6.51. The van der Waals surface area contributed by atoms with Crippen LogP contribution in [0.25, 0.3) is 5.65 Å².